The van der Waals surface area contributed by atoms with Crippen molar-refractivity contribution in [2.24, 2.45) is 0 Å². The van der Waals surface area contributed by atoms with Crippen LogP contribution in [-0.2, 0) is 20.1 Å². The first-order valence-corrected chi connectivity index (χ1v) is 16.4. The maximum Gasteiger partial charge on any atom is 0.216 e. The zero-order chi connectivity index (χ0) is 33.1. The summed E-state index contributed by atoms with van der Waals surface area (Å²) in [6.07, 6.45) is 3.77. The zero-order valence-electron chi connectivity index (χ0n) is 28.6. The first-order chi connectivity index (χ1) is 22.7. The third-order valence-corrected chi connectivity index (χ3v) is 8.61. The van der Waals surface area contributed by atoms with E-state index in [0.29, 0.717) is 23.5 Å². The van der Waals surface area contributed by atoms with Crippen LogP contribution in [0.3, 0.4) is 0 Å². The van der Waals surface area contributed by atoms with E-state index in [0.717, 1.165) is 44.6 Å². The van der Waals surface area contributed by atoms with Gasteiger partial charge in [0.15, 0.2) is 0 Å². The van der Waals surface area contributed by atoms with Crippen molar-refractivity contribution in [3.05, 3.63) is 138 Å². The minimum atomic E-state index is 0. The van der Waals surface area contributed by atoms with Gasteiger partial charge in [0.05, 0.1) is 11.3 Å². The van der Waals surface area contributed by atoms with Gasteiger partial charge in [-0.3, -0.25) is 0 Å². The molecule has 4 aromatic heterocycles. The number of pyridine rings is 3. The quantitative estimate of drug-likeness (QED) is 0.157. The molecule has 0 unspecified atom stereocenters. The molecule has 0 saturated heterocycles. The Balaban J connectivity index is 0.000000291. The van der Waals surface area contributed by atoms with E-state index in [2.05, 4.69) is 108 Å². The fourth-order valence-electron chi connectivity index (χ4n) is 6.18. The van der Waals surface area contributed by atoms with E-state index in [4.69, 9.17) is 14.4 Å². The third-order valence-electron chi connectivity index (χ3n) is 8.61. The number of nitrogens with zero attached hydrogens (tertiary/aromatic N) is 3. The molecule has 3 aromatic carbocycles. The molecule has 0 N–H and O–H groups in total. The average molecular weight is 808 g/mol. The minimum Gasteiger partial charge on any atom is -0.486 e. The predicted octanol–water partition coefficient (Wildman–Crippen LogP) is 11.7. The van der Waals surface area contributed by atoms with E-state index in [1.807, 2.05) is 54.7 Å². The zero-order valence-corrected chi connectivity index (χ0v) is 31.0. The van der Waals surface area contributed by atoms with Crippen LogP contribution in [0.15, 0.2) is 108 Å². The fraction of sp³-hybridized carbons (Fsp3) is 0.233. The average Bonchev–Trinajstić information content (AvgIpc) is 3.47. The van der Waals surface area contributed by atoms with Crippen molar-refractivity contribution in [1.29, 1.82) is 0 Å². The van der Waals surface area contributed by atoms with Gasteiger partial charge in [-0.15, -0.1) is 54.1 Å². The maximum absolute atomic E-state index is 6.44. The molecule has 0 aliphatic rings. The number of aromatic nitrogens is 3. The number of hydrogen-bond donors (Lipinski definition) is 0. The molecule has 0 aliphatic carbocycles. The summed E-state index contributed by atoms with van der Waals surface area (Å²) in [5, 5.41) is 2.06. The van der Waals surface area contributed by atoms with Crippen LogP contribution >= 0.6 is 0 Å². The third kappa shape index (κ3) is 7.18. The van der Waals surface area contributed by atoms with Gasteiger partial charge >= 0.3 is 0 Å². The van der Waals surface area contributed by atoms with Crippen molar-refractivity contribution in [3.8, 4) is 33.8 Å². The van der Waals surface area contributed by atoms with Gasteiger partial charge in [0.25, 0.3) is 0 Å². The van der Waals surface area contributed by atoms with Crippen LogP contribution in [0.25, 0.3) is 55.8 Å². The van der Waals surface area contributed by atoms with Gasteiger partial charge in [-0.05, 0) is 71.0 Å². The second kappa shape index (κ2) is 15.2. The SMILES string of the molecule is Cc1cc(-c2[c-]ccc3c2oc2nc(-c4c(C(C)C)cccc4C(C)C)ccc23)ncc1C(C)C.[Ir].[c-]1ccccc1-c1ccccn1. The molecule has 4 heterocycles. The van der Waals surface area contributed by atoms with Crippen molar-refractivity contribution in [1.82, 2.24) is 15.0 Å². The Morgan fingerprint density at radius 3 is 1.98 bits per heavy atom. The van der Waals surface area contributed by atoms with Gasteiger partial charge < -0.3 is 14.4 Å². The molecule has 48 heavy (non-hydrogen) atoms. The Hall–Kier alpha value is -4.44. The number of aryl methyl sites for hydroxylation is 1. The molecule has 4 nitrogen and oxygen atoms in total. The topological polar surface area (TPSA) is 51.8 Å². The van der Waals surface area contributed by atoms with Crippen LogP contribution in [-0.4, -0.2) is 15.0 Å². The van der Waals surface area contributed by atoms with Crippen LogP contribution in [0, 0.1) is 19.1 Å². The summed E-state index contributed by atoms with van der Waals surface area (Å²) in [6.45, 7) is 15.5. The molecular weight excluding hydrogens is 767 g/mol. The fourth-order valence-corrected chi connectivity index (χ4v) is 6.18. The van der Waals surface area contributed by atoms with E-state index >= 15 is 0 Å². The Morgan fingerprint density at radius 1 is 0.625 bits per heavy atom. The van der Waals surface area contributed by atoms with Crippen LogP contribution in [0.2, 0.25) is 0 Å². The van der Waals surface area contributed by atoms with E-state index in [9.17, 15) is 0 Å². The second-order valence-electron chi connectivity index (χ2n) is 12.9. The molecule has 7 rings (SSSR count). The summed E-state index contributed by atoms with van der Waals surface area (Å²) >= 11 is 0. The summed E-state index contributed by atoms with van der Waals surface area (Å²) in [6, 6.07) is 37.2. The predicted molar refractivity (Wildman–Crippen MR) is 195 cm³/mol. The molecule has 0 atom stereocenters. The van der Waals surface area contributed by atoms with Crippen LogP contribution in [0.1, 0.15) is 81.5 Å². The van der Waals surface area contributed by atoms with E-state index in [1.165, 1.54) is 27.8 Å². The molecular formula is C43H41IrN3O-2. The molecule has 0 bridgehead atoms. The summed E-state index contributed by atoms with van der Waals surface area (Å²) in [7, 11) is 0. The minimum absolute atomic E-state index is 0. The molecule has 7 aromatic rings. The summed E-state index contributed by atoms with van der Waals surface area (Å²) in [4.78, 5) is 14.0. The molecule has 1 radical (unpaired) electrons. The number of benzene rings is 3. The molecule has 0 saturated carbocycles. The molecule has 0 aliphatic heterocycles. The van der Waals surface area contributed by atoms with Gasteiger partial charge in [-0.2, -0.15) is 0 Å². The van der Waals surface area contributed by atoms with Crippen molar-refractivity contribution < 1.29 is 24.5 Å². The number of furan rings is 1. The molecule has 5 heteroatoms. The normalized spacial score (nSPS) is 11.2. The largest absolute Gasteiger partial charge is 0.486 e. The Kier molecular flexibility index (Phi) is 11.0. The van der Waals surface area contributed by atoms with E-state index < -0.39 is 0 Å². The number of rotatable bonds is 6. The van der Waals surface area contributed by atoms with Crippen molar-refractivity contribution in [2.45, 2.75) is 66.2 Å². The standard InChI is InChI=1S/C32H33N2O.C11H8N.Ir/c1-18(2)22-10-8-11-23(19(3)4)30(22)28-15-14-25-24-12-9-13-26(31(24)35-32(25)34-28)29-16-21(7)27(17-33-29)20(5)6;1-2-6-10(7-3-1)11-8-4-5-9-12-11;/h8-12,14-20H,1-7H3;1-6,8-9H;/q2*-1;. The summed E-state index contributed by atoms with van der Waals surface area (Å²) in [5.41, 5.74) is 12.5. The van der Waals surface area contributed by atoms with Crippen LogP contribution in [0.4, 0.5) is 0 Å². The van der Waals surface area contributed by atoms with Crippen molar-refractivity contribution in [3.63, 3.8) is 0 Å². The Labute approximate surface area is 298 Å². The van der Waals surface area contributed by atoms with Crippen molar-refractivity contribution in [2.75, 3.05) is 0 Å². The maximum atomic E-state index is 6.44. The van der Waals surface area contributed by atoms with E-state index in [1.54, 1.807) is 6.20 Å². The second-order valence-corrected chi connectivity index (χ2v) is 12.9. The molecule has 0 spiro atoms. The summed E-state index contributed by atoms with van der Waals surface area (Å²) in [5.74, 6) is 1.25. The first-order valence-electron chi connectivity index (χ1n) is 16.4. The van der Waals surface area contributed by atoms with Crippen LogP contribution < -0.4 is 0 Å². The van der Waals surface area contributed by atoms with Gasteiger partial charge in [-0.25, -0.2) is 4.98 Å². The monoisotopic (exact) mass is 808 g/mol. The number of fused-ring (bicyclic) bond motifs is 3. The van der Waals surface area contributed by atoms with Gasteiger partial charge in [-0.1, -0.05) is 94.5 Å². The van der Waals surface area contributed by atoms with Crippen molar-refractivity contribution >= 4 is 22.1 Å². The summed E-state index contributed by atoms with van der Waals surface area (Å²) < 4.78 is 6.44. The van der Waals surface area contributed by atoms with Gasteiger partial charge in [0, 0.05) is 43.4 Å². The Bertz CT molecular complexity index is 2070. The first kappa shape index (κ1) is 34.9. The smallest absolute Gasteiger partial charge is 0.216 e. The molecule has 245 valence electrons. The molecule has 0 amide bonds. The molecule has 0 fully saturated rings. The van der Waals surface area contributed by atoms with Gasteiger partial charge in [0.2, 0.25) is 5.71 Å². The van der Waals surface area contributed by atoms with Gasteiger partial charge in [0.1, 0.15) is 0 Å². The number of hydrogen-bond acceptors (Lipinski definition) is 4. The van der Waals surface area contributed by atoms with E-state index in [-0.39, 0.29) is 20.1 Å². The Morgan fingerprint density at radius 2 is 1.35 bits per heavy atom. The van der Waals surface area contributed by atoms with Crippen LogP contribution in [0.5, 0.6) is 0 Å².